The van der Waals surface area contributed by atoms with Crippen LogP contribution in [-0.2, 0) is 6.54 Å². The average Bonchev–Trinajstić information content (AvgIpc) is 2.56. The maximum atomic E-state index is 2.53. The summed E-state index contributed by atoms with van der Waals surface area (Å²) in [5.41, 5.74) is 4.29. The molecule has 114 valence electrons. The molecular weight excluding hydrogens is 286 g/mol. The number of hydrogen-bond acceptors (Lipinski definition) is 2. The fourth-order valence-electron chi connectivity index (χ4n) is 3.16. The second-order valence-electron chi connectivity index (χ2n) is 5.97. The van der Waals surface area contributed by atoms with Gasteiger partial charge in [-0.25, -0.2) is 0 Å². The van der Waals surface area contributed by atoms with E-state index in [-0.39, 0.29) is 0 Å². The van der Waals surface area contributed by atoms with E-state index in [0.29, 0.717) is 5.92 Å². The predicted molar refractivity (Wildman–Crippen MR) is 97.1 cm³/mol. The molecule has 1 aliphatic heterocycles. The average molecular weight is 309 g/mol. The van der Waals surface area contributed by atoms with Crippen molar-refractivity contribution in [3.05, 3.63) is 71.8 Å². The van der Waals surface area contributed by atoms with Gasteiger partial charge in [0.15, 0.2) is 0 Å². The quantitative estimate of drug-likeness (QED) is 0.736. The van der Waals surface area contributed by atoms with E-state index >= 15 is 0 Å². The first-order valence-corrected chi connectivity index (χ1v) is 9.09. The zero-order valence-corrected chi connectivity index (χ0v) is 14.1. The van der Waals surface area contributed by atoms with Crippen molar-refractivity contribution in [2.75, 3.05) is 19.3 Å². The largest absolute Gasteiger partial charge is 0.295 e. The Morgan fingerprint density at radius 2 is 1.91 bits per heavy atom. The maximum absolute atomic E-state index is 2.53. The summed E-state index contributed by atoms with van der Waals surface area (Å²) in [4.78, 5) is 3.87. The highest BCUT2D eigenvalue weighted by atomic mass is 32.2. The topological polar surface area (TPSA) is 3.24 Å². The number of nitrogens with zero attached hydrogens (tertiary/aromatic N) is 1. The molecule has 1 nitrogen and oxygen atoms in total. The summed E-state index contributed by atoms with van der Waals surface area (Å²) in [7, 11) is 0. The van der Waals surface area contributed by atoms with Gasteiger partial charge in [-0.1, -0.05) is 55.5 Å². The van der Waals surface area contributed by atoms with Crippen molar-refractivity contribution in [1.82, 2.24) is 4.90 Å². The Balaban J connectivity index is 1.73. The van der Waals surface area contributed by atoms with Crippen LogP contribution in [0.3, 0.4) is 0 Å². The van der Waals surface area contributed by atoms with Crippen molar-refractivity contribution in [1.29, 1.82) is 0 Å². The van der Waals surface area contributed by atoms with Crippen LogP contribution in [-0.4, -0.2) is 24.2 Å². The molecule has 0 aliphatic carbocycles. The molecule has 2 aromatic carbocycles. The van der Waals surface area contributed by atoms with Crippen LogP contribution < -0.4 is 0 Å². The summed E-state index contributed by atoms with van der Waals surface area (Å²) < 4.78 is 0. The Labute approximate surface area is 138 Å². The van der Waals surface area contributed by atoms with Crippen molar-refractivity contribution in [3.63, 3.8) is 0 Å². The zero-order valence-electron chi connectivity index (χ0n) is 13.3. The predicted octanol–water partition coefficient (Wildman–Crippen LogP) is 4.94. The minimum Gasteiger partial charge on any atom is -0.295 e. The standard InChI is InChI=1S/C20H23NS/c1-16-14-21(15-17-7-4-3-5-8-17)12-11-20(16)18-9-6-10-19(13-18)22-2/h3-11,13,16H,12,14-15H2,1-2H3. The molecule has 0 saturated carbocycles. The van der Waals surface area contributed by atoms with Crippen LogP contribution in [0.5, 0.6) is 0 Å². The molecule has 1 aliphatic rings. The lowest BCUT2D eigenvalue weighted by atomic mass is 9.90. The third-order valence-electron chi connectivity index (χ3n) is 4.28. The summed E-state index contributed by atoms with van der Waals surface area (Å²) in [5.74, 6) is 0.578. The Morgan fingerprint density at radius 1 is 1.09 bits per heavy atom. The SMILES string of the molecule is CSc1cccc(C2=CCN(Cc3ccccc3)CC2C)c1. The van der Waals surface area contributed by atoms with Gasteiger partial charge in [-0.05, 0) is 41.0 Å². The number of rotatable bonds is 4. The van der Waals surface area contributed by atoms with E-state index in [0.717, 1.165) is 19.6 Å². The molecule has 1 unspecified atom stereocenters. The van der Waals surface area contributed by atoms with Gasteiger partial charge in [0.1, 0.15) is 0 Å². The van der Waals surface area contributed by atoms with Crippen molar-refractivity contribution in [2.45, 2.75) is 18.4 Å². The lowest BCUT2D eigenvalue weighted by Crippen LogP contribution is -2.32. The summed E-state index contributed by atoms with van der Waals surface area (Å²) in [5, 5.41) is 0. The summed E-state index contributed by atoms with van der Waals surface area (Å²) in [6.07, 6.45) is 4.55. The third kappa shape index (κ3) is 3.63. The molecule has 0 bridgehead atoms. The van der Waals surface area contributed by atoms with E-state index in [1.165, 1.54) is 21.6 Å². The molecule has 0 saturated heterocycles. The molecule has 1 atom stereocenters. The van der Waals surface area contributed by atoms with Crippen molar-refractivity contribution in [2.24, 2.45) is 5.92 Å². The lowest BCUT2D eigenvalue weighted by molar-refractivity contribution is 0.263. The molecule has 0 fully saturated rings. The van der Waals surface area contributed by atoms with Gasteiger partial charge in [0.25, 0.3) is 0 Å². The molecule has 0 aromatic heterocycles. The molecule has 2 heteroatoms. The second kappa shape index (κ2) is 7.17. The van der Waals surface area contributed by atoms with Gasteiger partial charge < -0.3 is 0 Å². The van der Waals surface area contributed by atoms with Crippen LogP contribution in [0.4, 0.5) is 0 Å². The lowest BCUT2D eigenvalue weighted by Gasteiger charge is -2.31. The van der Waals surface area contributed by atoms with Crippen molar-refractivity contribution < 1.29 is 0 Å². The summed E-state index contributed by atoms with van der Waals surface area (Å²) in [6.45, 7) is 5.55. The van der Waals surface area contributed by atoms with Crippen LogP contribution >= 0.6 is 11.8 Å². The minimum atomic E-state index is 0.578. The van der Waals surface area contributed by atoms with E-state index in [4.69, 9.17) is 0 Å². The van der Waals surface area contributed by atoms with E-state index in [9.17, 15) is 0 Å². The molecule has 2 aromatic rings. The van der Waals surface area contributed by atoms with E-state index in [2.05, 4.69) is 78.8 Å². The fraction of sp³-hybridized carbons (Fsp3) is 0.300. The highest BCUT2D eigenvalue weighted by Crippen LogP contribution is 2.30. The molecule has 0 amide bonds. The number of thioether (sulfide) groups is 1. The van der Waals surface area contributed by atoms with Crippen molar-refractivity contribution >= 4 is 17.3 Å². The van der Waals surface area contributed by atoms with E-state index in [1.54, 1.807) is 0 Å². The van der Waals surface area contributed by atoms with Crippen LogP contribution in [0.15, 0.2) is 65.6 Å². The Morgan fingerprint density at radius 3 is 2.64 bits per heavy atom. The van der Waals surface area contributed by atoms with E-state index in [1.807, 2.05) is 11.8 Å². The molecular formula is C20H23NS. The molecule has 1 heterocycles. The molecule has 0 radical (unpaired) electrons. The van der Waals surface area contributed by atoms with Gasteiger partial charge in [-0.2, -0.15) is 0 Å². The molecule has 22 heavy (non-hydrogen) atoms. The normalized spacial score (nSPS) is 19.0. The van der Waals surface area contributed by atoms with Crippen LogP contribution in [0.1, 0.15) is 18.1 Å². The molecule has 0 N–H and O–H groups in total. The number of hydrogen-bond donors (Lipinski definition) is 0. The van der Waals surface area contributed by atoms with Crippen LogP contribution in [0.2, 0.25) is 0 Å². The molecule has 0 spiro atoms. The van der Waals surface area contributed by atoms with E-state index < -0.39 is 0 Å². The highest BCUT2D eigenvalue weighted by Gasteiger charge is 2.20. The highest BCUT2D eigenvalue weighted by molar-refractivity contribution is 7.98. The smallest absolute Gasteiger partial charge is 0.0237 e. The first-order valence-electron chi connectivity index (χ1n) is 7.87. The van der Waals surface area contributed by atoms with Crippen LogP contribution in [0.25, 0.3) is 5.57 Å². The first-order chi connectivity index (χ1) is 10.8. The van der Waals surface area contributed by atoms with Gasteiger partial charge >= 0.3 is 0 Å². The Kier molecular flexibility index (Phi) is 5.01. The fourth-order valence-corrected chi connectivity index (χ4v) is 3.62. The maximum Gasteiger partial charge on any atom is 0.0237 e. The second-order valence-corrected chi connectivity index (χ2v) is 6.85. The summed E-state index contributed by atoms with van der Waals surface area (Å²) in [6, 6.07) is 19.7. The van der Waals surface area contributed by atoms with Crippen LogP contribution in [0, 0.1) is 5.92 Å². The Bertz CT molecular complexity index is 648. The van der Waals surface area contributed by atoms with Gasteiger partial charge in [0.05, 0.1) is 0 Å². The third-order valence-corrected chi connectivity index (χ3v) is 5.01. The zero-order chi connectivity index (χ0) is 15.4. The molecule has 3 rings (SSSR count). The van der Waals surface area contributed by atoms with Gasteiger partial charge in [0, 0.05) is 24.5 Å². The number of benzene rings is 2. The van der Waals surface area contributed by atoms with Gasteiger partial charge in [0.2, 0.25) is 0 Å². The van der Waals surface area contributed by atoms with Gasteiger partial charge in [-0.15, -0.1) is 11.8 Å². The van der Waals surface area contributed by atoms with Gasteiger partial charge in [-0.3, -0.25) is 4.90 Å². The monoisotopic (exact) mass is 309 g/mol. The summed E-state index contributed by atoms with van der Waals surface area (Å²) >= 11 is 1.81. The minimum absolute atomic E-state index is 0.578. The van der Waals surface area contributed by atoms with Crippen molar-refractivity contribution in [3.8, 4) is 0 Å². The first kappa shape index (κ1) is 15.4. The Hall–Kier alpha value is -1.51.